The number of halogens is 2. The van der Waals surface area contributed by atoms with E-state index in [2.05, 4.69) is 15.5 Å². The number of hydrogen-bond acceptors (Lipinski definition) is 7. The number of aromatic nitrogens is 2. The monoisotopic (exact) mass is 449 g/mol. The van der Waals surface area contributed by atoms with Crippen LogP contribution in [0.25, 0.3) is 11.4 Å². The van der Waals surface area contributed by atoms with Gasteiger partial charge in [0.05, 0.1) is 22.8 Å². The first-order valence-electron chi connectivity index (χ1n) is 8.91. The number of amides is 1. The summed E-state index contributed by atoms with van der Waals surface area (Å²) in [7, 11) is 0. The number of carbonyl (C=O) groups excluding carboxylic acids is 2. The van der Waals surface area contributed by atoms with E-state index in [4.69, 9.17) is 37.2 Å². The standard InChI is InChI=1S/C20H17Cl2N3O5/c1-2-28-16-6-4-3-5-14(16)19-24-17(30-25-19)11-29-18(26)10-23-20(27)13-8-7-12(21)9-15(13)22/h3-9H,2,10-11H2,1H3,(H,23,27). The summed E-state index contributed by atoms with van der Waals surface area (Å²) >= 11 is 11.8. The highest BCUT2D eigenvalue weighted by atomic mass is 35.5. The Hall–Kier alpha value is -3.10. The van der Waals surface area contributed by atoms with Crippen LogP contribution in [0.5, 0.6) is 5.75 Å². The largest absolute Gasteiger partial charge is 0.493 e. The molecule has 1 amide bonds. The summed E-state index contributed by atoms with van der Waals surface area (Å²) in [5, 5.41) is 6.89. The van der Waals surface area contributed by atoms with Crippen molar-refractivity contribution in [3.05, 3.63) is 64.0 Å². The van der Waals surface area contributed by atoms with E-state index >= 15 is 0 Å². The van der Waals surface area contributed by atoms with Crippen LogP contribution in [0.4, 0.5) is 0 Å². The second kappa shape index (κ2) is 10.1. The first kappa shape index (κ1) is 21.6. The predicted octanol–water partition coefficient (Wildman–Crippen LogP) is 3.92. The molecule has 0 spiro atoms. The summed E-state index contributed by atoms with van der Waals surface area (Å²) in [6.07, 6.45) is 0. The average Bonchev–Trinajstić information content (AvgIpc) is 3.20. The number of ether oxygens (including phenoxy) is 2. The molecule has 0 saturated carbocycles. The maximum absolute atomic E-state index is 12.1. The van der Waals surface area contributed by atoms with Crippen molar-refractivity contribution in [3.8, 4) is 17.1 Å². The molecule has 0 aliphatic rings. The van der Waals surface area contributed by atoms with E-state index in [1.54, 1.807) is 12.1 Å². The minimum atomic E-state index is -0.678. The molecule has 0 atom stereocenters. The molecule has 1 N–H and O–H groups in total. The van der Waals surface area contributed by atoms with Gasteiger partial charge in [0.25, 0.3) is 11.8 Å². The molecule has 0 radical (unpaired) electrons. The summed E-state index contributed by atoms with van der Waals surface area (Å²) in [4.78, 5) is 28.2. The second-order valence-electron chi connectivity index (χ2n) is 5.91. The van der Waals surface area contributed by atoms with E-state index in [0.717, 1.165) is 0 Å². The Morgan fingerprint density at radius 2 is 1.97 bits per heavy atom. The minimum Gasteiger partial charge on any atom is -0.493 e. The van der Waals surface area contributed by atoms with Gasteiger partial charge < -0.3 is 19.3 Å². The van der Waals surface area contributed by atoms with Crippen LogP contribution in [-0.2, 0) is 16.1 Å². The zero-order valence-electron chi connectivity index (χ0n) is 15.9. The van der Waals surface area contributed by atoms with Crippen LogP contribution in [0, 0.1) is 0 Å². The van der Waals surface area contributed by atoms with Crippen molar-refractivity contribution in [1.29, 1.82) is 0 Å². The fourth-order valence-corrected chi connectivity index (χ4v) is 2.96. The molecule has 0 saturated heterocycles. The van der Waals surface area contributed by atoms with E-state index in [1.165, 1.54) is 18.2 Å². The molecule has 8 nitrogen and oxygen atoms in total. The maximum atomic E-state index is 12.1. The Bertz CT molecular complexity index is 1050. The fourth-order valence-electron chi connectivity index (χ4n) is 2.47. The van der Waals surface area contributed by atoms with Crippen LogP contribution in [0.1, 0.15) is 23.2 Å². The van der Waals surface area contributed by atoms with E-state index < -0.39 is 11.9 Å². The van der Waals surface area contributed by atoms with Crippen molar-refractivity contribution in [2.24, 2.45) is 0 Å². The van der Waals surface area contributed by atoms with Crippen LogP contribution in [-0.4, -0.2) is 35.2 Å². The molecule has 0 aliphatic heterocycles. The summed E-state index contributed by atoms with van der Waals surface area (Å²) in [6, 6.07) is 11.7. The van der Waals surface area contributed by atoms with Crippen LogP contribution in [0.3, 0.4) is 0 Å². The van der Waals surface area contributed by atoms with Crippen molar-refractivity contribution in [3.63, 3.8) is 0 Å². The van der Waals surface area contributed by atoms with E-state index in [-0.39, 0.29) is 29.6 Å². The van der Waals surface area contributed by atoms with Gasteiger partial charge in [-0.3, -0.25) is 9.59 Å². The van der Waals surface area contributed by atoms with Crippen molar-refractivity contribution >= 4 is 35.1 Å². The highest BCUT2D eigenvalue weighted by Gasteiger charge is 2.16. The Morgan fingerprint density at radius 1 is 1.17 bits per heavy atom. The number of hydrogen-bond donors (Lipinski definition) is 1. The molecule has 1 heterocycles. The summed E-state index contributed by atoms with van der Waals surface area (Å²) in [6.45, 7) is 1.77. The van der Waals surface area contributed by atoms with Gasteiger partial charge in [0, 0.05) is 5.02 Å². The molecule has 3 aromatic rings. The Balaban J connectivity index is 1.53. The number of nitrogens with one attached hydrogen (secondary N) is 1. The fraction of sp³-hybridized carbons (Fsp3) is 0.200. The Morgan fingerprint density at radius 3 is 2.73 bits per heavy atom. The molecular weight excluding hydrogens is 433 g/mol. The lowest BCUT2D eigenvalue weighted by Crippen LogP contribution is -2.30. The van der Waals surface area contributed by atoms with Crippen molar-refractivity contribution < 1.29 is 23.6 Å². The smallest absolute Gasteiger partial charge is 0.325 e. The first-order chi connectivity index (χ1) is 14.5. The lowest BCUT2D eigenvalue weighted by atomic mass is 10.2. The molecule has 30 heavy (non-hydrogen) atoms. The predicted molar refractivity (Wildman–Crippen MR) is 109 cm³/mol. The van der Waals surface area contributed by atoms with Crippen LogP contribution in [0.2, 0.25) is 10.0 Å². The van der Waals surface area contributed by atoms with Gasteiger partial charge in [0.15, 0.2) is 6.61 Å². The third kappa shape index (κ3) is 5.49. The lowest BCUT2D eigenvalue weighted by Gasteiger charge is -2.07. The van der Waals surface area contributed by atoms with Gasteiger partial charge in [-0.2, -0.15) is 4.98 Å². The number of carbonyl (C=O) groups is 2. The SMILES string of the molecule is CCOc1ccccc1-c1noc(COC(=O)CNC(=O)c2ccc(Cl)cc2Cl)n1. The molecule has 0 aliphatic carbocycles. The van der Waals surface area contributed by atoms with Gasteiger partial charge in [-0.15, -0.1) is 0 Å². The highest BCUT2D eigenvalue weighted by molar-refractivity contribution is 6.36. The van der Waals surface area contributed by atoms with Gasteiger partial charge in [-0.05, 0) is 37.3 Å². The van der Waals surface area contributed by atoms with Gasteiger partial charge >= 0.3 is 5.97 Å². The molecular formula is C20H17Cl2N3O5. The van der Waals surface area contributed by atoms with Crippen molar-refractivity contribution in [2.75, 3.05) is 13.2 Å². The van der Waals surface area contributed by atoms with Gasteiger partial charge in [0.1, 0.15) is 12.3 Å². The van der Waals surface area contributed by atoms with Crippen LogP contribution in [0.15, 0.2) is 47.0 Å². The molecule has 0 unspecified atom stereocenters. The third-order valence-electron chi connectivity index (χ3n) is 3.82. The molecule has 10 heteroatoms. The molecule has 0 bridgehead atoms. The van der Waals surface area contributed by atoms with E-state index in [9.17, 15) is 9.59 Å². The Kier molecular flexibility index (Phi) is 7.26. The zero-order valence-corrected chi connectivity index (χ0v) is 17.4. The molecule has 2 aromatic carbocycles. The third-order valence-corrected chi connectivity index (χ3v) is 4.37. The van der Waals surface area contributed by atoms with E-state index in [1.807, 2.05) is 19.1 Å². The van der Waals surface area contributed by atoms with E-state index in [0.29, 0.717) is 28.8 Å². The van der Waals surface area contributed by atoms with Crippen molar-refractivity contribution in [1.82, 2.24) is 15.5 Å². The number of rotatable bonds is 8. The second-order valence-corrected chi connectivity index (χ2v) is 6.75. The molecule has 0 fully saturated rings. The van der Waals surface area contributed by atoms with Crippen molar-refractivity contribution in [2.45, 2.75) is 13.5 Å². The highest BCUT2D eigenvalue weighted by Crippen LogP contribution is 2.27. The Labute approximate surface area is 182 Å². The number of para-hydroxylation sites is 1. The lowest BCUT2D eigenvalue weighted by molar-refractivity contribution is -0.144. The quantitative estimate of drug-likeness (QED) is 0.519. The summed E-state index contributed by atoms with van der Waals surface area (Å²) in [5.74, 6) is -0.162. The molecule has 1 aromatic heterocycles. The van der Waals surface area contributed by atoms with Gasteiger partial charge in [-0.1, -0.05) is 40.5 Å². The number of nitrogens with zero attached hydrogens (tertiary/aromatic N) is 2. The van der Waals surface area contributed by atoms with Gasteiger partial charge in [-0.25, -0.2) is 0 Å². The normalized spacial score (nSPS) is 10.5. The first-order valence-corrected chi connectivity index (χ1v) is 9.67. The van der Waals surface area contributed by atoms with Crippen LogP contribution < -0.4 is 10.1 Å². The van der Waals surface area contributed by atoms with Gasteiger partial charge in [0.2, 0.25) is 5.82 Å². The topological polar surface area (TPSA) is 104 Å². The maximum Gasteiger partial charge on any atom is 0.325 e. The number of esters is 1. The zero-order chi connectivity index (χ0) is 21.5. The average molecular weight is 450 g/mol. The van der Waals surface area contributed by atoms with Crippen LogP contribution >= 0.6 is 23.2 Å². The molecule has 3 rings (SSSR count). The summed E-state index contributed by atoms with van der Waals surface area (Å²) < 4.78 is 15.7. The molecule has 156 valence electrons. The summed E-state index contributed by atoms with van der Waals surface area (Å²) in [5.41, 5.74) is 0.858. The number of benzene rings is 2. The minimum absolute atomic E-state index is 0.108.